The molecule has 3 nitrogen and oxygen atoms in total. The Bertz CT molecular complexity index is 687. The van der Waals surface area contributed by atoms with Gasteiger partial charge in [0.05, 0.1) is 0 Å². The second-order valence-electron chi connectivity index (χ2n) is 4.68. The highest BCUT2D eigenvalue weighted by Gasteiger charge is 2.09. The maximum Gasteiger partial charge on any atom is 0.0491 e. The third-order valence-electron chi connectivity index (χ3n) is 3.52. The summed E-state index contributed by atoms with van der Waals surface area (Å²) in [6.45, 7) is 4.76. The minimum absolute atomic E-state index is 0.819. The van der Waals surface area contributed by atoms with E-state index in [4.69, 9.17) is 5.84 Å². The van der Waals surface area contributed by atoms with Crippen molar-refractivity contribution in [3.8, 4) is 0 Å². The van der Waals surface area contributed by atoms with Gasteiger partial charge in [-0.25, -0.2) is 0 Å². The van der Waals surface area contributed by atoms with Gasteiger partial charge < -0.3 is 9.99 Å². The molecule has 3 aromatic rings. The summed E-state index contributed by atoms with van der Waals surface area (Å²) in [4.78, 5) is 0. The largest absolute Gasteiger partial charge is 0.340 e. The predicted octanol–water partition coefficient (Wildman–Crippen LogP) is 3.16. The van der Waals surface area contributed by atoms with E-state index in [1.165, 1.54) is 21.8 Å². The molecule has 3 heteroatoms. The molecule has 0 saturated carbocycles. The molecule has 0 bridgehead atoms. The zero-order chi connectivity index (χ0) is 13.2. The van der Waals surface area contributed by atoms with Gasteiger partial charge in [-0.15, -0.1) is 0 Å². The van der Waals surface area contributed by atoms with E-state index in [2.05, 4.69) is 65.1 Å². The van der Waals surface area contributed by atoms with Gasteiger partial charge in [0.2, 0.25) is 0 Å². The van der Waals surface area contributed by atoms with Gasteiger partial charge in [-0.3, -0.25) is 5.84 Å². The van der Waals surface area contributed by atoms with Gasteiger partial charge in [0.15, 0.2) is 0 Å². The number of para-hydroxylation sites is 2. The molecule has 3 rings (SSSR count). The molecule has 3 N–H and O–H groups in total. The summed E-state index contributed by atoms with van der Waals surface area (Å²) in [6, 6.07) is 17.0. The lowest BCUT2D eigenvalue weighted by Gasteiger charge is -2.08. The Hall–Kier alpha value is -2.26. The molecule has 0 amide bonds. The van der Waals surface area contributed by atoms with Crippen LogP contribution in [0.1, 0.15) is 6.42 Å². The Labute approximate surface area is 112 Å². The van der Waals surface area contributed by atoms with Crippen LogP contribution >= 0.6 is 0 Å². The molecule has 0 aliphatic heterocycles. The first kappa shape index (κ1) is 11.8. The topological polar surface area (TPSA) is 43.0 Å². The lowest BCUT2D eigenvalue weighted by Crippen LogP contribution is -2.21. The molecule has 2 aromatic carbocycles. The van der Waals surface area contributed by atoms with Gasteiger partial charge in [0.1, 0.15) is 0 Å². The van der Waals surface area contributed by atoms with Crippen LogP contribution in [0.3, 0.4) is 0 Å². The summed E-state index contributed by atoms with van der Waals surface area (Å²) < 4.78 is 2.33. The number of nitrogens with zero attached hydrogens (tertiary/aromatic N) is 1. The summed E-state index contributed by atoms with van der Waals surface area (Å²) in [6.07, 6.45) is 0.819. The fourth-order valence-electron chi connectivity index (χ4n) is 2.56. The van der Waals surface area contributed by atoms with E-state index >= 15 is 0 Å². The smallest absolute Gasteiger partial charge is 0.0491 e. The molecular formula is C16H17N3. The molecule has 0 atom stereocenters. The second-order valence-corrected chi connectivity index (χ2v) is 4.68. The highest BCUT2D eigenvalue weighted by Crippen LogP contribution is 2.28. The van der Waals surface area contributed by atoms with Gasteiger partial charge in [0, 0.05) is 40.5 Å². The van der Waals surface area contributed by atoms with Gasteiger partial charge in [-0.05, 0) is 12.1 Å². The van der Waals surface area contributed by atoms with Crippen LogP contribution in [-0.4, -0.2) is 4.57 Å². The van der Waals surface area contributed by atoms with E-state index in [9.17, 15) is 0 Å². The zero-order valence-electron chi connectivity index (χ0n) is 10.8. The Morgan fingerprint density at radius 2 is 1.53 bits per heavy atom. The van der Waals surface area contributed by atoms with Crippen LogP contribution in [0.15, 0.2) is 60.8 Å². The second kappa shape index (κ2) is 4.78. The average molecular weight is 251 g/mol. The number of fused-ring (bicyclic) bond motifs is 3. The molecule has 0 radical (unpaired) electrons. The van der Waals surface area contributed by atoms with Crippen LogP contribution < -0.4 is 11.3 Å². The summed E-state index contributed by atoms with van der Waals surface area (Å²) in [5.74, 6) is 5.38. The molecule has 0 spiro atoms. The maximum atomic E-state index is 5.38. The highest BCUT2D eigenvalue weighted by molar-refractivity contribution is 6.07. The van der Waals surface area contributed by atoms with Crippen molar-refractivity contribution in [1.29, 1.82) is 0 Å². The number of hydrogen-bond donors (Lipinski definition) is 2. The van der Waals surface area contributed by atoms with E-state index in [-0.39, 0.29) is 0 Å². The SMILES string of the molecule is C=C(CCn1c2ccccc2c2ccccc21)NN. The van der Waals surface area contributed by atoms with Gasteiger partial charge in [-0.2, -0.15) is 0 Å². The molecule has 1 aromatic heterocycles. The maximum absolute atomic E-state index is 5.38. The number of aromatic nitrogens is 1. The number of hydrogen-bond acceptors (Lipinski definition) is 2. The summed E-state index contributed by atoms with van der Waals surface area (Å²) >= 11 is 0. The first-order valence-electron chi connectivity index (χ1n) is 6.41. The number of nitrogens with two attached hydrogens (primary N) is 1. The van der Waals surface area contributed by atoms with Crippen molar-refractivity contribution in [2.75, 3.05) is 0 Å². The number of allylic oxidation sites excluding steroid dienone is 1. The van der Waals surface area contributed by atoms with Crippen molar-refractivity contribution in [2.24, 2.45) is 5.84 Å². The Morgan fingerprint density at radius 1 is 1.00 bits per heavy atom. The summed E-state index contributed by atoms with van der Waals surface area (Å²) in [7, 11) is 0. The molecule has 0 fully saturated rings. The van der Waals surface area contributed by atoms with Gasteiger partial charge >= 0.3 is 0 Å². The van der Waals surface area contributed by atoms with Gasteiger partial charge in [0.25, 0.3) is 0 Å². The quantitative estimate of drug-likeness (QED) is 0.552. The van der Waals surface area contributed by atoms with Crippen LogP contribution in [-0.2, 0) is 6.54 Å². The number of nitrogens with one attached hydrogen (secondary N) is 1. The molecule has 96 valence electrons. The molecule has 19 heavy (non-hydrogen) atoms. The number of aryl methyl sites for hydroxylation is 1. The van der Waals surface area contributed by atoms with E-state index in [0.717, 1.165) is 18.7 Å². The van der Waals surface area contributed by atoms with Gasteiger partial charge in [-0.1, -0.05) is 43.0 Å². The fourth-order valence-corrected chi connectivity index (χ4v) is 2.56. The first-order valence-corrected chi connectivity index (χ1v) is 6.41. The van der Waals surface area contributed by atoms with Crippen LogP contribution in [0.4, 0.5) is 0 Å². The average Bonchev–Trinajstić information content (AvgIpc) is 2.79. The Balaban J connectivity index is 2.16. The Morgan fingerprint density at radius 3 is 2.05 bits per heavy atom. The molecule has 0 aliphatic rings. The van der Waals surface area contributed by atoms with E-state index < -0.39 is 0 Å². The number of hydrazine groups is 1. The van der Waals surface area contributed by atoms with E-state index in [0.29, 0.717) is 0 Å². The lowest BCUT2D eigenvalue weighted by atomic mass is 10.2. The third-order valence-corrected chi connectivity index (χ3v) is 3.52. The third kappa shape index (κ3) is 1.98. The normalized spacial score (nSPS) is 11.0. The summed E-state index contributed by atoms with van der Waals surface area (Å²) in [5.41, 5.74) is 5.98. The van der Waals surface area contributed by atoms with Crippen LogP contribution in [0.2, 0.25) is 0 Å². The fraction of sp³-hybridized carbons (Fsp3) is 0.125. The predicted molar refractivity (Wildman–Crippen MR) is 80.5 cm³/mol. The zero-order valence-corrected chi connectivity index (χ0v) is 10.8. The Kier molecular flexibility index (Phi) is 2.97. The number of benzene rings is 2. The van der Waals surface area contributed by atoms with Crippen molar-refractivity contribution in [3.05, 3.63) is 60.8 Å². The lowest BCUT2D eigenvalue weighted by molar-refractivity contribution is 0.691. The van der Waals surface area contributed by atoms with Crippen molar-refractivity contribution in [2.45, 2.75) is 13.0 Å². The highest BCUT2D eigenvalue weighted by atomic mass is 15.2. The molecule has 0 saturated heterocycles. The first-order chi connectivity index (χ1) is 9.31. The minimum atomic E-state index is 0.819. The van der Waals surface area contributed by atoms with Crippen LogP contribution in [0, 0.1) is 0 Å². The van der Waals surface area contributed by atoms with Crippen LogP contribution in [0.25, 0.3) is 21.8 Å². The standard InChI is InChI=1S/C16H17N3/c1-12(18-17)10-11-19-15-8-4-2-6-13(15)14-7-3-5-9-16(14)19/h2-9,18H,1,10-11,17H2. The monoisotopic (exact) mass is 251 g/mol. The van der Waals surface area contributed by atoms with Crippen molar-refractivity contribution < 1.29 is 0 Å². The minimum Gasteiger partial charge on any atom is -0.340 e. The molecule has 0 aliphatic carbocycles. The molecule has 1 heterocycles. The van der Waals surface area contributed by atoms with E-state index in [1.54, 1.807) is 0 Å². The van der Waals surface area contributed by atoms with Crippen LogP contribution in [0.5, 0.6) is 0 Å². The van der Waals surface area contributed by atoms with Crippen molar-refractivity contribution in [1.82, 2.24) is 9.99 Å². The molecule has 0 unspecified atom stereocenters. The number of rotatable bonds is 4. The summed E-state index contributed by atoms with van der Waals surface area (Å²) in [5, 5.41) is 2.59. The van der Waals surface area contributed by atoms with Crippen molar-refractivity contribution in [3.63, 3.8) is 0 Å². The van der Waals surface area contributed by atoms with E-state index in [1.807, 2.05) is 0 Å². The molecular weight excluding hydrogens is 234 g/mol. The van der Waals surface area contributed by atoms with Crippen molar-refractivity contribution >= 4 is 21.8 Å².